The van der Waals surface area contributed by atoms with Crippen molar-refractivity contribution in [2.45, 2.75) is 63.8 Å². The van der Waals surface area contributed by atoms with Crippen molar-refractivity contribution in [1.82, 2.24) is 25.4 Å². The molecule has 1 aliphatic rings. The molecule has 2 aromatic heterocycles. The summed E-state index contributed by atoms with van der Waals surface area (Å²) in [5, 5.41) is 18.5. The molecule has 1 aliphatic carbocycles. The Bertz CT molecular complexity index is 738. The minimum Gasteiger partial charge on any atom is -0.356 e. The zero-order valence-electron chi connectivity index (χ0n) is 17.1. The molecule has 0 bridgehead atoms. The number of hydrogen-bond donors (Lipinski definition) is 2. The maximum atomic E-state index is 4.82. The summed E-state index contributed by atoms with van der Waals surface area (Å²) in [6, 6.07) is 4.79. The Morgan fingerprint density at radius 2 is 2.29 bits per heavy atom. The van der Waals surface area contributed by atoms with E-state index in [1.54, 1.807) is 11.3 Å². The van der Waals surface area contributed by atoms with Gasteiger partial charge in [0, 0.05) is 29.8 Å². The van der Waals surface area contributed by atoms with Gasteiger partial charge in [-0.25, -0.2) is 4.99 Å². The third-order valence-electron chi connectivity index (χ3n) is 5.17. The van der Waals surface area contributed by atoms with Crippen molar-refractivity contribution < 1.29 is 0 Å². The highest BCUT2D eigenvalue weighted by Crippen LogP contribution is 2.28. The van der Waals surface area contributed by atoms with Crippen molar-refractivity contribution in [3.8, 4) is 0 Å². The van der Waals surface area contributed by atoms with Crippen LogP contribution in [-0.2, 0) is 20.0 Å². The number of rotatable bonds is 8. The molecule has 8 heteroatoms. The number of guanidine groups is 1. The highest BCUT2D eigenvalue weighted by atomic mass is 32.2. The van der Waals surface area contributed by atoms with Gasteiger partial charge in [0.25, 0.3) is 0 Å². The Kier molecular flexibility index (Phi) is 8.21. The van der Waals surface area contributed by atoms with E-state index in [-0.39, 0.29) is 0 Å². The van der Waals surface area contributed by atoms with Gasteiger partial charge >= 0.3 is 0 Å². The molecule has 0 spiro atoms. The molecule has 0 aromatic carbocycles. The van der Waals surface area contributed by atoms with Crippen LogP contribution in [0.2, 0.25) is 0 Å². The van der Waals surface area contributed by atoms with Crippen molar-refractivity contribution in [2.24, 2.45) is 12.0 Å². The van der Waals surface area contributed by atoms with E-state index in [0.29, 0.717) is 12.6 Å². The van der Waals surface area contributed by atoms with E-state index in [2.05, 4.69) is 57.0 Å². The Balaban J connectivity index is 1.61. The lowest BCUT2D eigenvalue weighted by molar-refractivity contribution is 0.418. The summed E-state index contributed by atoms with van der Waals surface area (Å²) < 4.78 is 2.00. The van der Waals surface area contributed by atoms with E-state index in [9.17, 15) is 0 Å². The van der Waals surface area contributed by atoms with Gasteiger partial charge in [0.15, 0.2) is 11.8 Å². The molecule has 2 N–H and O–H groups in total. The average molecular weight is 421 g/mol. The van der Waals surface area contributed by atoms with Gasteiger partial charge in [-0.15, -0.1) is 21.5 Å². The summed E-state index contributed by atoms with van der Waals surface area (Å²) in [5.41, 5.74) is 0. The molecule has 28 heavy (non-hydrogen) atoms. The Morgan fingerprint density at radius 1 is 1.39 bits per heavy atom. The fraction of sp³-hybridized carbons (Fsp3) is 0.650. The van der Waals surface area contributed by atoms with Crippen LogP contribution in [0.3, 0.4) is 0 Å². The van der Waals surface area contributed by atoms with Crippen LogP contribution < -0.4 is 10.6 Å². The first-order valence-electron chi connectivity index (χ1n) is 10.2. The van der Waals surface area contributed by atoms with E-state index >= 15 is 0 Å². The van der Waals surface area contributed by atoms with Crippen LogP contribution in [0.15, 0.2) is 22.5 Å². The van der Waals surface area contributed by atoms with Crippen molar-refractivity contribution in [1.29, 1.82) is 0 Å². The number of aromatic nitrogens is 3. The van der Waals surface area contributed by atoms with Gasteiger partial charge in [-0.3, -0.25) is 0 Å². The van der Waals surface area contributed by atoms with E-state index in [0.717, 1.165) is 35.8 Å². The van der Waals surface area contributed by atoms with E-state index in [1.165, 1.54) is 36.3 Å². The molecule has 0 amide bonds. The van der Waals surface area contributed by atoms with Gasteiger partial charge in [-0.2, -0.15) is 11.8 Å². The lowest BCUT2D eigenvalue weighted by Crippen LogP contribution is -2.46. The van der Waals surface area contributed by atoms with E-state index in [4.69, 9.17) is 4.99 Å². The molecule has 2 unspecified atom stereocenters. The van der Waals surface area contributed by atoms with Gasteiger partial charge in [0.2, 0.25) is 0 Å². The minimum atomic E-state index is 0.493. The van der Waals surface area contributed by atoms with Crippen LogP contribution in [0.5, 0.6) is 0 Å². The SMILES string of the molecule is CCSC1CCCC(NC(=NCc2nnc(C)n2C)NCCc2cccs2)C1. The van der Waals surface area contributed by atoms with Crippen LogP contribution in [0.4, 0.5) is 0 Å². The fourth-order valence-corrected chi connectivity index (χ4v) is 5.39. The van der Waals surface area contributed by atoms with Gasteiger partial charge in [-0.05, 0) is 49.8 Å². The van der Waals surface area contributed by atoms with Gasteiger partial charge in [0.1, 0.15) is 12.4 Å². The molecular weight excluding hydrogens is 388 g/mol. The molecule has 0 aliphatic heterocycles. The van der Waals surface area contributed by atoms with Gasteiger partial charge in [-0.1, -0.05) is 19.4 Å². The van der Waals surface area contributed by atoms with Crippen molar-refractivity contribution >= 4 is 29.1 Å². The van der Waals surface area contributed by atoms with E-state index in [1.807, 2.05) is 18.5 Å². The largest absolute Gasteiger partial charge is 0.356 e. The van der Waals surface area contributed by atoms with Crippen LogP contribution in [0, 0.1) is 6.92 Å². The van der Waals surface area contributed by atoms with E-state index < -0.39 is 0 Å². The highest BCUT2D eigenvalue weighted by molar-refractivity contribution is 7.99. The zero-order chi connectivity index (χ0) is 19.8. The number of nitrogens with zero attached hydrogens (tertiary/aromatic N) is 4. The third-order valence-corrected chi connectivity index (χ3v) is 7.34. The topological polar surface area (TPSA) is 67.1 Å². The second kappa shape index (κ2) is 10.9. The Hall–Kier alpha value is -1.54. The fourth-order valence-electron chi connectivity index (χ4n) is 3.51. The quantitative estimate of drug-likeness (QED) is 0.505. The number of hydrogen-bond acceptors (Lipinski definition) is 5. The van der Waals surface area contributed by atoms with Crippen molar-refractivity contribution in [3.63, 3.8) is 0 Å². The molecule has 2 heterocycles. The predicted molar refractivity (Wildman–Crippen MR) is 120 cm³/mol. The standard InChI is InChI=1S/C20H32N6S2/c1-4-27-18-8-5-7-16(13-18)23-20(21-11-10-17-9-6-12-28-17)22-14-19-25-24-15(2)26(19)3/h6,9,12,16,18H,4-5,7-8,10-11,13-14H2,1-3H3,(H2,21,22,23). The molecule has 2 aromatic rings. The zero-order valence-corrected chi connectivity index (χ0v) is 18.8. The summed E-state index contributed by atoms with van der Waals surface area (Å²) in [6.45, 7) is 5.63. The van der Waals surface area contributed by atoms with Crippen LogP contribution in [-0.4, -0.2) is 44.3 Å². The number of aliphatic imine (C=N–C) groups is 1. The molecule has 1 fully saturated rings. The Labute approximate surface area is 176 Å². The summed E-state index contributed by atoms with van der Waals surface area (Å²) in [6.07, 6.45) is 6.08. The minimum absolute atomic E-state index is 0.493. The van der Waals surface area contributed by atoms with Crippen molar-refractivity contribution in [2.75, 3.05) is 12.3 Å². The predicted octanol–water partition coefficient (Wildman–Crippen LogP) is 3.53. The average Bonchev–Trinajstić information content (AvgIpc) is 3.31. The second-order valence-electron chi connectivity index (χ2n) is 7.23. The third kappa shape index (κ3) is 6.24. The molecule has 0 saturated heterocycles. The maximum absolute atomic E-state index is 4.82. The number of thiophene rings is 1. The summed E-state index contributed by atoms with van der Waals surface area (Å²) in [4.78, 5) is 6.22. The summed E-state index contributed by atoms with van der Waals surface area (Å²) >= 11 is 3.90. The molecule has 1 saturated carbocycles. The van der Waals surface area contributed by atoms with Crippen LogP contribution >= 0.6 is 23.1 Å². The second-order valence-corrected chi connectivity index (χ2v) is 9.84. The lowest BCUT2D eigenvalue weighted by atomic mass is 9.95. The monoisotopic (exact) mass is 420 g/mol. The Morgan fingerprint density at radius 3 is 3.00 bits per heavy atom. The molecule has 0 radical (unpaired) electrons. The normalized spacial score (nSPS) is 20.3. The molecule has 3 rings (SSSR count). The lowest BCUT2D eigenvalue weighted by Gasteiger charge is -2.30. The van der Waals surface area contributed by atoms with Gasteiger partial charge in [0.05, 0.1) is 0 Å². The first kappa shape index (κ1) is 21.2. The summed E-state index contributed by atoms with van der Waals surface area (Å²) in [5.74, 6) is 3.89. The molecule has 2 atom stereocenters. The van der Waals surface area contributed by atoms with Crippen LogP contribution in [0.25, 0.3) is 0 Å². The van der Waals surface area contributed by atoms with Crippen LogP contribution in [0.1, 0.15) is 49.1 Å². The van der Waals surface area contributed by atoms with Crippen molar-refractivity contribution in [3.05, 3.63) is 34.0 Å². The number of thioether (sulfide) groups is 1. The first-order chi connectivity index (χ1) is 13.7. The highest BCUT2D eigenvalue weighted by Gasteiger charge is 2.22. The first-order valence-corrected chi connectivity index (χ1v) is 12.1. The smallest absolute Gasteiger partial charge is 0.191 e. The molecule has 6 nitrogen and oxygen atoms in total. The number of nitrogens with one attached hydrogen (secondary N) is 2. The van der Waals surface area contributed by atoms with Gasteiger partial charge < -0.3 is 15.2 Å². The molecule has 154 valence electrons. The summed E-state index contributed by atoms with van der Waals surface area (Å²) in [7, 11) is 1.99. The molecular formula is C20H32N6S2. The number of aryl methyl sites for hydroxylation is 1. The maximum Gasteiger partial charge on any atom is 0.191 e.